The van der Waals surface area contributed by atoms with Gasteiger partial charge in [-0.05, 0) is 36.2 Å². The number of rotatable bonds is 6. The highest BCUT2D eigenvalue weighted by molar-refractivity contribution is 6.39. The summed E-state index contributed by atoms with van der Waals surface area (Å²) in [5, 5.41) is 5.07. The molecule has 2 aromatic carbocycles. The molecule has 0 atom stereocenters. The van der Waals surface area contributed by atoms with Gasteiger partial charge in [-0.1, -0.05) is 37.3 Å². The van der Waals surface area contributed by atoms with Crippen LogP contribution in [0.5, 0.6) is 5.75 Å². The standard InChI is InChI=1S/C18H20N2O3/c1-2-12-19-17(21)18(22)20-15-8-10-16(11-9-15)23-13-14-6-4-3-5-7-14/h3-11H,2,12-13H2,1H3,(H,19,21)(H,20,22). The van der Waals surface area contributed by atoms with Crippen molar-refractivity contribution in [2.24, 2.45) is 0 Å². The zero-order chi connectivity index (χ0) is 16.5. The van der Waals surface area contributed by atoms with Gasteiger partial charge in [0.2, 0.25) is 0 Å². The van der Waals surface area contributed by atoms with E-state index in [9.17, 15) is 9.59 Å². The molecule has 0 saturated heterocycles. The Balaban J connectivity index is 1.84. The number of hydrogen-bond acceptors (Lipinski definition) is 3. The minimum Gasteiger partial charge on any atom is -0.489 e. The first-order valence-electron chi connectivity index (χ1n) is 7.55. The molecule has 2 aromatic rings. The normalized spacial score (nSPS) is 9.96. The van der Waals surface area contributed by atoms with E-state index in [1.807, 2.05) is 37.3 Å². The van der Waals surface area contributed by atoms with Crippen LogP contribution in [0.4, 0.5) is 5.69 Å². The maximum Gasteiger partial charge on any atom is 0.313 e. The summed E-state index contributed by atoms with van der Waals surface area (Å²) in [7, 11) is 0. The fraction of sp³-hybridized carbons (Fsp3) is 0.222. The smallest absolute Gasteiger partial charge is 0.313 e. The van der Waals surface area contributed by atoms with Crippen LogP contribution in [0.2, 0.25) is 0 Å². The summed E-state index contributed by atoms with van der Waals surface area (Å²) in [4.78, 5) is 23.1. The number of nitrogens with one attached hydrogen (secondary N) is 2. The average molecular weight is 312 g/mol. The summed E-state index contributed by atoms with van der Waals surface area (Å²) < 4.78 is 5.66. The molecular formula is C18H20N2O3. The summed E-state index contributed by atoms with van der Waals surface area (Å²) in [6.07, 6.45) is 0.784. The lowest BCUT2D eigenvalue weighted by Crippen LogP contribution is -2.35. The van der Waals surface area contributed by atoms with Crippen molar-refractivity contribution in [2.45, 2.75) is 20.0 Å². The van der Waals surface area contributed by atoms with Crippen LogP contribution in [0.25, 0.3) is 0 Å². The summed E-state index contributed by atoms with van der Waals surface area (Å²) in [6, 6.07) is 16.8. The van der Waals surface area contributed by atoms with Gasteiger partial charge in [-0.3, -0.25) is 9.59 Å². The Bertz CT molecular complexity index is 639. The predicted molar refractivity (Wildman–Crippen MR) is 89.1 cm³/mol. The highest BCUT2D eigenvalue weighted by atomic mass is 16.5. The van der Waals surface area contributed by atoms with Gasteiger partial charge in [-0.25, -0.2) is 0 Å². The van der Waals surface area contributed by atoms with Crippen LogP contribution in [0.3, 0.4) is 0 Å². The fourth-order valence-corrected chi connectivity index (χ4v) is 1.88. The van der Waals surface area contributed by atoms with Crippen LogP contribution in [-0.4, -0.2) is 18.4 Å². The highest BCUT2D eigenvalue weighted by Gasteiger charge is 2.12. The molecule has 0 bridgehead atoms. The molecule has 0 aromatic heterocycles. The highest BCUT2D eigenvalue weighted by Crippen LogP contribution is 2.17. The van der Waals surface area contributed by atoms with E-state index in [-0.39, 0.29) is 0 Å². The van der Waals surface area contributed by atoms with E-state index in [0.717, 1.165) is 12.0 Å². The second-order valence-electron chi connectivity index (χ2n) is 5.01. The number of hydrogen-bond donors (Lipinski definition) is 2. The number of carbonyl (C=O) groups is 2. The van der Waals surface area contributed by atoms with Crippen molar-refractivity contribution in [3.63, 3.8) is 0 Å². The van der Waals surface area contributed by atoms with Crippen molar-refractivity contribution < 1.29 is 14.3 Å². The predicted octanol–water partition coefficient (Wildman–Crippen LogP) is 2.73. The van der Waals surface area contributed by atoms with E-state index in [2.05, 4.69) is 10.6 Å². The second-order valence-corrected chi connectivity index (χ2v) is 5.01. The maximum absolute atomic E-state index is 11.7. The molecule has 0 aliphatic rings. The minimum atomic E-state index is -0.670. The van der Waals surface area contributed by atoms with Gasteiger partial charge in [0.25, 0.3) is 0 Å². The Morgan fingerprint density at radius 2 is 1.65 bits per heavy atom. The largest absolute Gasteiger partial charge is 0.489 e. The summed E-state index contributed by atoms with van der Waals surface area (Å²) in [6.45, 7) is 2.89. The molecule has 0 heterocycles. The lowest BCUT2D eigenvalue weighted by atomic mass is 10.2. The van der Waals surface area contributed by atoms with Gasteiger partial charge in [-0.2, -0.15) is 0 Å². The van der Waals surface area contributed by atoms with Crippen molar-refractivity contribution >= 4 is 17.5 Å². The van der Waals surface area contributed by atoms with Crippen LogP contribution in [-0.2, 0) is 16.2 Å². The molecule has 0 aliphatic heterocycles. The first-order valence-corrected chi connectivity index (χ1v) is 7.55. The lowest BCUT2D eigenvalue weighted by molar-refractivity contribution is -0.136. The molecule has 2 rings (SSSR count). The van der Waals surface area contributed by atoms with E-state index in [4.69, 9.17) is 4.74 Å². The van der Waals surface area contributed by atoms with Gasteiger partial charge < -0.3 is 15.4 Å². The minimum absolute atomic E-state index is 0.478. The molecule has 0 aliphatic carbocycles. The Morgan fingerprint density at radius 3 is 2.30 bits per heavy atom. The number of ether oxygens (including phenoxy) is 1. The quantitative estimate of drug-likeness (QED) is 0.806. The molecule has 0 saturated carbocycles. The number of benzene rings is 2. The molecule has 2 N–H and O–H groups in total. The van der Waals surface area contributed by atoms with Crippen molar-refractivity contribution in [1.29, 1.82) is 0 Å². The summed E-state index contributed by atoms with van der Waals surface area (Å²) in [5.74, 6) is -0.602. The first kappa shape index (κ1) is 16.5. The molecule has 23 heavy (non-hydrogen) atoms. The van der Waals surface area contributed by atoms with Gasteiger partial charge in [-0.15, -0.1) is 0 Å². The van der Waals surface area contributed by atoms with Crippen molar-refractivity contribution in [2.75, 3.05) is 11.9 Å². The van der Waals surface area contributed by atoms with Crippen molar-refractivity contribution in [3.8, 4) is 5.75 Å². The molecule has 0 spiro atoms. The van der Waals surface area contributed by atoms with Crippen LogP contribution >= 0.6 is 0 Å². The summed E-state index contributed by atoms with van der Waals surface area (Å²) >= 11 is 0. The zero-order valence-electron chi connectivity index (χ0n) is 13.0. The summed E-state index contributed by atoms with van der Waals surface area (Å²) in [5.41, 5.74) is 1.63. The van der Waals surface area contributed by atoms with Gasteiger partial charge in [0.05, 0.1) is 0 Å². The molecule has 5 nitrogen and oxygen atoms in total. The third-order valence-corrected chi connectivity index (χ3v) is 3.10. The van der Waals surface area contributed by atoms with Crippen LogP contribution in [0.1, 0.15) is 18.9 Å². The molecule has 0 fully saturated rings. The van der Waals surface area contributed by atoms with Gasteiger partial charge >= 0.3 is 11.8 Å². The zero-order valence-corrected chi connectivity index (χ0v) is 13.0. The fourth-order valence-electron chi connectivity index (χ4n) is 1.88. The van der Waals surface area contributed by atoms with Crippen LogP contribution in [0, 0.1) is 0 Å². The van der Waals surface area contributed by atoms with E-state index < -0.39 is 11.8 Å². The third kappa shape index (κ3) is 5.47. The first-order chi connectivity index (χ1) is 11.2. The number of anilines is 1. The second kappa shape index (κ2) is 8.58. The van der Waals surface area contributed by atoms with E-state index >= 15 is 0 Å². The third-order valence-electron chi connectivity index (χ3n) is 3.10. The molecule has 2 amide bonds. The van der Waals surface area contributed by atoms with Crippen molar-refractivity contribution in [3.05, 3.63) is 60.2 Å². The molecule has 120 valence electrons. The van der Waals surface area contributed by atoms with Gasteiger partial charge in [0.15, 0.2) is 0 Å². The molecule has 0 unspecified atom stereocenters. The topological polar surface area (TPSA) is 67.4 Å². The van der Waals surface area contributed by atoms with Crippen LogP contribution < -0.4 is 15.4 Å². The number of carbonyl (C=O) groups excluding carboxylic acids is 2. The maximum atomic E-state index is 11.7. The number of amides is 2. The average Bonchev–Trinajstić information content (AvgIpc) is 2.60. The Labute approximate surface area is 135 Å². The Hall–Kier alpha value is -2.82. The van der Waals surface area contributed by atoms with E-state index in [1.54, 1.807) is 24.3 Å². The monoisotopic (exact) mass is 312 g/mol. The van der Waals surface area contributed by atoms with Gasteiger partial charge in [0.1, 0.15) is 12.4 Å². The van der Waals surface area contributed by atoms with Crippen LogP contribution in [0.15, 0.2) is 54.6 Å². The molecule has 5 heteroatoms. The van der Waals surface area contributed by atoms with E-state index in [0.29, 0.717) is 24.6 Å². The molecule has 0 radical (unpaired) electrons. The van der Waals surface area contributed by atoms with Gasteiger partial charge in [0, 0.05) is 12.2 Å². The Kier molecular flexibility index (Phi) is 6.17. The molecular weight excluding hydrogens is 292 g/mol. The lowest BCUT2D eigenvalue weighted by Gasteiger charge is -2.08. The SMILES string of the molecule is CCCNC(=O)C(=O)Nc1ccc(OCc2ccccc2)cc1. The Morgan fingerprint density at radius 1 is 0.957 bits per heavy atom. The van der Waals surface area contributed by atoms with E-state index in [1.165, 1.54) is 0 Å². The van der Waals surface area contributed by atoms with Crippen molar-refractivity contribution in [1.82, 2.24) is 5.32 Å².